The van der Waals surface area contributed by atoms with Crippen LogP contribution in [-0.2, 0) is 0 Å². The molecule has 1 aromatic rings. The lowest BCUT2D eigenvalue weighted by Crippen LogP contribution is -2.16. The third-order valence-corrected chi connectivity index (χ3v) is 2.61. The van der Waals surface area contributed by atoms with Gasteiger partial charge in [-0.25, -0.2) is 0 Å². The second kappa shape index (κ2) is 3.35. The monoisotopic (exact) mass is 194 g/mol. The minimum atomic E-state index is -0.0302. The first-order chi connectivity index (χ1) is 6.61. The van der Waals surface area contributed by atoms with E-state index >= 15 is 0 Å². The summed E-state index contributed by atoms with van der Waals surface area (Å²) in [5.74, 6) is 2.69. The van der Waals surface area contributed by atoms with E-state index in [4.69, 9.17) is 5.73 Å². The molecule has 0 saturated heterocycles. The van der Waals surface area contributed by atoms with Crippen LogP contribution in [0.5, 0.6) is 0 Å². The van der Waals surface area contributed by atoms with Crippen molar-refractivity contribution in [2.45, 2.75) is 51.6 Å². The highest BCUT2D eigenvalue weighted by atomic mass is 15.3. The van der Waals surface area contributed by atoms with Gasteiger partial charge in [0.15, 0.2) is 0 Å². The molecule has 2 N–H and O–H groups in total. The van der Waals surface area contributed by atoms with E-state index in [1.54, 1.807) is 0 Å². The molecule has 1 aliphatic carbocycles. The summed E-state index contributed by atoms with van der Waals surface area (Å²) in [6.07, 6.45) is 2.51. The molecule has 1 fully saturated rings. The first-order valence-electron chi connectivity index (χ1n) is 5.31. The maximum absolute atomic E-state index is 5.86. The lowest BCUT2D eigenvalue weighted by molar-refractivity contribution is 0.523. The lowest BCUT2D eigenvalue weighted by Gasteiger charge is -2.15. The van der Waals surface area contributed by atoms with Crippen molar-refractivity contribution in [1.29, 1.82) is 0 Å². The van der Waals surface area contributed by atoms with Gasteiger partial charge < -0.3 is 10.3 Å². The number of hydrogen-bond acceptors (Lipinski definition) is 3. The number of nitrogens with two attached hydrogens (primary N) is 1. The fourth-order valence-electron chi connectivity index (χ4n) is 1.78. The Kier molecular flexibility index (Phi) is 2.31. The summed E-state index contributed by atoms with van der Waals surface area (Å²) >= 11 is 0. The number of nitrogens with zero attached hydrogens (tertiary/aromatic N) is 3. The van der Waals surface area contributed by atoms with Crippen molar-refractivity contribution >= 4 is 0 Å². The standard InChI is InChI=1S/C10H18N4/c1-6(2)14-9(7(3)11)12-13-10(14)8-4-5-8/h6-8H,4-5,11H2,1-3H3. The van der Waals surface area contributed by atoms with Crippen LogP contribution in [0.1, 0.15) is 63.3 Å². The Labute approximate surface area is 84.5 Å². The van der Waals surface area contributed by atoms with Gasteiger partial charge in [-0.05, 0) is 33.6 Å². The summed E-state index contributed by atoms with van der Waals surface area (Å²) in [5.41, 5.74) is 5.86. The Morgan fingerprint density at radius 3 is 2.36 bits per heavy atom. The van der Waals surface area contributed by atoms with Crippen LogP contribution in [0.25, 0.3) is 0 Å². The normalized spacial score (nSPS) is 18.9. The molecular weight excluding hydrogens is 176 g/mol. The molecule has 0 spiro atoms. The van der Waals surface area contributed by atoms with E-state index in [0.29, 0.717) is 12.0 Å². The highest BCUT2D eigenvalue weighted by Crippen LogP contribution is 2.40. The number of aromatic nitrogens is 3. The third kappa shape index (κ3) is 1.54. The highest BCUT2D eigenvalue weighted by molar-refractivity contribution is 5.11. The molecule has 0 radical (unpaired) electrons. The molecule has 1 aliphatic rings. The van der Waals surface area contributed by atoms with Crippen LogP contribution in [0.4, 0.5) is 0 Å². The van der Waals surface area contributed by atoms with Crippen LogP contribution in [0.15, 0.2) is 0 Å². The largest absolute Gasteiger partial charge is 0.322 e. The zero-order chi connectivity index (χ0) is 10.3. The molecule has 4 heteroatoms. The Morgan fingerprint density at radius 2 is 1.93 bits per heavy atom. The van der Waals surface area contributed by atoms with E-state index in [0.717, 1.165) is 11.6 Å². The van der Waals surface area contributed by atoms with Gasteiger partial charge in [-0.15, -0.1) is 10.2 Å². The van der Waals surface area contributed by atoms with Crippen molar-refractivity contribution in [3.63, 3.8) is 0 Å². The molecular formula is C10H18N4. The fraction of sp³-hybridized carbons (Fsp3) is 0.800. The molecule has 4 nitrogen and oxygen atoms in total. The molecule has 2 rings (SSSR count). The molecule has 0 amide bonds. The minimum absolute atomic E-state index is 0.0302. The summed E-state index contributed by atoms with van der Waals surface area (Å²) in [7, 11) is 0. The minimum Gasteiger partial charge on any atom is -0.322 e. The highest BCUT2D eigenvalue weighted by Gasteiger charge is 2.31. The average molecular weight is 194 g/mol. The quantitative estimate of drug-likeness (QED) is 0.797. The van der Waals surface area contributed by atoms with Crippen molar-refractivity contribution in [2.75, 3.05) is 0 Å². The van der Waals surface area contributed by atoms with E-state index < -0.39 is 0 Å². The van der Waals surface area contributed by atoms with E-state index in [-0.39, 0.29) is 6.04 Å². The first-order valence-corrected chi connectivity index (χ1v) is 5.31. The van der Waals surface area contributed by atoms with E-state index in [9.17, 15) is 0 Å². The molecule has 1 aromatic heterocycles. The zero-order valence-electron chi connectivity index (χ0n) is 9.07. The van der Waals surface area contributed by atoms with E-state index in [1.165, 1.54) is 12.8 Å². The third-order valence-electron chi connectivity index (χ3n) is 2.61. The van der Waals surface area contributed by atoms with Crippen molar-refractivity contribution in [1.82, 2.24) is 14.8 Å². The number of hydrogen-bond donors (Lipinski definition) is 1. The molecule has 1 heterocycles. The van der Waals surface area contributed by atoms with Gasteiger partial charge in [-0.2, -0.15) is 0 Å². The van der Waals surface area contributed by atoms with Crippen LogP contribution in [0, 0.1) is 0 Å². The van der Waals surface area contributed by atoms with Crippen molar-refractivity contribution in [2.24, 2.45) is 5.73 Å². The van der Waals surface area contributed by atoms with Gasteiger partial charge in [0, 0.05) is 12.0 Å². The molecule has 0 aromatic carbocycles. The summed E-state index contributed by atoms with van der Waals surface area (Å²) in [6.45, 7) is 6.27. The molecule has 1 saturated carbocycles. The SMILES string of the molecule is CC(N)c1nnc(C2CC2)n1C(C)C. The second-order valence-electron chi connectivity index (χ2n) is 4.44. The van der Waals surface area contributed by atoms with Gasteiger partial charge in [0.25, 0.3) is 0 Å². The smallest absolute Gasteiger partial charge is 0.149 e. The van der Waals surface area contributed by atoms with Crippen LogP contribution >= 0.6 is 0 Å². The summed E-state index contributed by atoms with van der Waals surface area (Å²) < 4.78 is 2.20. The van der Waals surface area contributed by atoms with Crippen LogP contribution < -0.4 is 5.73 Å². The van der Waals surface area contributed by atoms with Crippen molar-refractivity contribution in [3.8, 4) is 0 Å². The van der Waals surface area contributed by atoms with E-state index in [2.05, 4.69) is 28.6 Å². The number of rotatable bonds is 3. The lowest BCUT2D eigenvalue weighted by atomic mass is 10.2. The fourth-order valence-corrected chi connectivity index (χ4v) is 1.78. The van der Waals surface area contributed by atoms with Gasteiger partial charge in [0.05, 0.1) is 6.04 Å². The van der Waals surface area contributed by atoms with Gasteiger partial charge in [-0.1, -0.05) is 0 Å². The Morgan fingerprint density at radius 1 is 1.29 bits per heavy atom. The maximum atomic E-state index is 5.86. The van der Waals surface area contributed by atoms with Crippen LogP contribution in [0.2, 0.25) is 0 Å². The molecule has 78 valence electrons. The Balaban J connectivity index is 2.41. The van der Waals surface area contributed by atoms with Crippen LogP contribution in [0.3, 0.4) is 0 Å². The molecule has 1 unspecified atom stereocenters. The summed E-state index contributed by atoms with van der Waals surface area (Å²) in [4.78, 5) is 0. The molecule has 1 atom stereocenters. The average Bonchev–Trinajstić information content (AvgIpc) is 2.83. The van der Waals surface area contributed by atoms with E-state index in [1.807, 2.05) is 6.92 Å². The second-order valence-corrected chi connectivity index (χ2v) is 4.44. The molecule has 0 bridgehead atoms. The van der Waals surface area contributed by atoms with Crippen LogP contribution in [-0.4, -0.2) is 14.8 Å². The van der Waals surface area contributed by atoms with Gasteiger partial charge in [0.2, 0.25) is 0 Å². The predicted molar refractivity (Wildman–Crippen MR) is 55.0 cm³/mol. The predicted octanol–water partition coefficient (Wildman–Crippen LogP) is 1.76. The maximum Gasteiger partial charge on any atom is 0.149 e. The van der Waals surface area contributed by atoms with Gasteiger partial charge >= 0.3 is 0 Å². The molecule has 14 heavy (non-hydrogen) atoms. The first kappa shape index (κ1) is 9.65. The van der Waals surface area contributed by atoms with Gasteiger partial charge in [0.1, 0.15) is 11.6 Å². The zero-order valence-corrected chi connectivity index (χ0v) is 9.07. The van der Waals surface area contributed by atoms with Crippen molar-refractivity contribution in [3.05, 3.63) is 11.6 Å². The van der Waals surface area contributed by atoms with Gasteiger partial charge in [-0.3, -0.25) is 0 Å². The van der Waals surface area contributed by atoms with Crippen molar-refractivity contribution < 1.29 is 0 Å². The summed E-state index contributed by atoms with van der Waals surface area (Å²) in [6, 6.07) is 0.374. The molecule has 0 aliphatic heterocycles. The Hall–Kier alpha value is -0.900. The Bertz CT molecular complexity index is 303. The summed E-state index contributed by atoms with van der Waals surface area (Å²) in [5, 5.41) is 8.44. The topological polar surface area (TPSA) is 56.7 Å².